The van der Waals surface area contributed by atoms with Gasteiger partial charge in [-0.2, -0.15) is 0 Å². The molecule has 0 unspecified atom stereocenters. The molecule has 1 aliphatic carbocycles. The molecule has 128 valence electrons. The van der Waals surface area contributed by atoms with E-state index in [1.54, 1.807) is 0 Å². The molecular formula is C18H31N5. The Hall–Kier alpha value is -1.36. The van der Waals surface area contributed by atoms with E-state index in [9.17, 15) is 0 Å². The minimum atomic E-state index is 0.391. The molecule has 0 aromatic carbocycles. The van der Waals surface area contributed by atoms with Crippen LogP contribution >= 0.6 is 0 Å². The summed E-state index contributed by atoms with van der Waals surface area (Å²) in [5, 5.41) is 3.56. The van der Waals surface area contributed by atoms with Crippen LogP contribution in [0, 0.1) is 5.92 Å². The zero-order valence-corrected chi connectivity index (χ0v) is 14.4. The van der Waals surface area contributed by atoms with Crippen molar-refractivity contribution in [2.75, 3.05) is 23.3 Å². The van der Waals surface area contributed by atoms with Crippen molar-refractivity contribution in [3.63, 3.8) is 0 Å². The summed E-state index contributed by atoms with van der Waals surface area (Å²) in [5.41, 5.74) is 7.00. The SMILES string of the molecule is CCCC1CCN(c2ncc(NC3CCC(N)CC3)cn2)CC1. The molecule has 1 saturated heterocycles. The Balaban J connectivity index is 1.49. The van der Waals surface area contributed by atoms with Gasteiger partial charge in [-0.15, -0.1) is 0 Å². The first-order chi connectivity index (χ1) is 11.2. The molecule has 0 atom stereocenters. The molecule has 5 nitrogen and oxygen atoms in total. The molecule has 23 heavy (non-hydrogen) atoms. The van der Waals surface area contributed by atoms with Crippen LogP contribution < -0.4 is 16.0 Å². The predicted octanol–water partition coefficient (Wildman–Crippen LogP) is 3.17. The van der Waals surface area contributed by atoms with Gasteiger partial charge in [-0.05, 0) is 44.4 Å². The fourth-order valence-corrected chi connectivity index (χ4v) is 3.89. The number of anilines is 2. The molecule has 2 fully saturated rings. The molecule has 0 amide bonds. The van der Waals surface area contributed by atoms with E-state index in [1.807, 2.05) is 12.4 Å². The predicted molar refractivity (Wildman–Crippen MR) is 95.7 cm³/mol. The Kier molecular flexibility index (Phi) is 5.70. The smallest absolute Gasteiger partial charge is 0.225 e. The highest BCUT2D eigenvalue weighted by Crippen LogP contribution is 2.25. The highest BCUT2D eigenvalue weighted by molar-refractivity contribution is 5.43. The minimum absolute atomic E-state index is 0.391. The maximum atomic E-state index is 5.96. The number of nitrogens with zero attached hydrogens (tertiary/aromatic N) is 3. The second kappa shape index (κ2) is 7.95. The average molecular weight is 317 g/mol. The molecule has 2 heterocycles. The van der Waals surface area contributed by atoms with E-state index in [0.717, 1.165) is 56.3 Å². The number of hydrogen-bond donors (Lipinski definition) is 2. The summed E-state index contributed by atoms with van der Waals surface area (Å²) in [6.45, 7) is 4.47. The van der Waals surface area contributed by atoms with E-state index < -0.39 is 0 Å². The van der Waals surface area contributed by atoms with Gasteiger partial charge in [-0.1, -0.05) is 19.8 Å². The van der Waals surface area contributed by atoms with Gasteiger partial charge in [0.1, 0.15) is 0 Å². The van der Waals surface area contributed by atoms with Crippen LogP contribution in [0.1, 0.15) is 58.3 Å². The van der Waals surface area contributed by atoms with Crippen molar-refractivity contribution in [2.24, 2.45) is 11.7 Å². The van der Waals surface area contributed by atoms with Gasteiger partial charge in [0.15, 0.2) is 0 Å². The van der Waals surface area contributed by atoms with Crippen molar-refractivity contribution in [3.05, 3.63) is 12.4 Å². The summed E-state index contributed by atoms with van der Waals surface area (Å²) in [5.74, 6) is 1.78. The lowest BCUT2D eigenvalue weighted by Crippen LogP contribution is -2.35. The van der Waals surface area contributed by atoms with Crippen LogP contribution in [0.15, 0.2) is 12.4 Å². The zero-order valence-electron chi connectivity index (χ0n) is 14.4. The van der Waals surface area contributed by atoms with Crippen LogP contribution in [0.4, 0.5) is 11.6 Å². The highest BCUT2D eigenvalue weighted by atomic mass is 15.3. The zero-order chi connectivity index (χ0) is 16.1. The third-order valence-electron chi connectivity index (χ3n) is 5.38. The molecule has 1 aromatic heterocycles. The lowest BCUT2D eigenvalue weighted by Gasteiger charge is -2.32. The van der Waals surface area contributed by atoms with Crippen molar-refractivity contribution in [2.45, 2.75) is 70.4 Å². The highest BCUT2D eigenvalue weighted by Gasteiger charge is 2.21. The monoisotopic (exact) mass is 317 g/mol. The quantitative estimate of drug-likeness (QED) is 0.873. The lowest BCUT2D eigenvalue weighted by molar-refractivity contribution is 0.376. The number of rotatable bonds is 5. The molecule has 1 saturated carbocycles. The van der Waals surface area contributed by atoms with Gasteiger partial charge < -0.3 is 16.0 Å². The van der Waals surface area contributed by atoms with Crippen molar-refractivity contribution < 1.29 is 0 Å². The normalized spacial score (nSPS) is 26.3. The number of nitrogens with two attached hydrogens (primary N) is 1. The maximum Gasteiger partial charge on any atom is 0.225 e. The van der Waals surface area contributed by atoms with Crippen molar-refractivity contribution in [1.82, 2.24) is 9.97 Å². The molecule has 1 aromatic rings. The Morgan fingerprint density at radius 1 is 1.09 bits per heavy atom. The number of aromatic nitrogens is 2. The van der Waals surface area contributed by atoms with Gasteiger partial charge in [-0.25, -0.2) is 9.97 Å². The second-order valence-corrected chi connectivity index (χ2v) is 7.25. The fraction of sp³-hybridized carbons (Fsp3) is 0.778. The topological polar surface area (TPSA) is 67.1 Å². The van der Waals surface area contributed by atoms with E-state index in [2.05, 4.69) is 27.1 Å². The van der Waals surface area contributed by atoms with Crippen LogP contribution in [-0.2, 0) is 0 Å². The molecule has 0 radical (unpaired) electrons. The average Bonchev–Trinajstić information content (AvgIpc) is 2.59. The summed E-state index contributed by atoms with van der Waals surface area (Å²) in [7, 11) is 0. The number of hydrogen-bond acceptors (Lipinski definition) is 5. The Morgan fingerprint density at radius 2 is 1.74 bits per heavy atom. The van der Waals surface area contributed by atoms with E-state index in [4.69, 9.17) is 5.73 Å². The van der Waals surface area contributed by atoms with Gasteiger partial charge in [0.2, 0.25) is 5.95 Å². The van der Waals surface area contributed by atoms with Crippen LogP contribution in [0.5, 0.6) is 0 Å². The summed E-state index contributed by atoms with van der Waals surface area (Å²) < 4.78 is 0. The van der Waals surface area contributed by atoms with E-state index in [0.29, 0.717) is 12.1 Å². The Labute approximate surface area is 140 Å². The number of piperidine rings is 1. The molecule has 2 aliphatic rings. The maximum absolute atomic E-state index is 5.96. The van der Waals surface area contributed by atoms with Gasteiger partial charge in [0.05, 0.1) is 18.1 Å². The van der Waals surface area contributed by atoms with Crippen LogP contribution in [0.2, 0.25) is 0 Å². The first kappa shape index (κ1) is 16.5. The fourth-order valence-electron chi connectivity index (χ4n) is 3.89. The second-order valence-electron chi connectivity index (χ2n) is 7.25. The van der Waals surface area contributed by atoms with Crippen LogP contribution in [0.25, 0.3) is 0 Å². The molecule has 1 aliphatic heterocycles. The van der Waals surface area contributed by atoms with Crippen molar-refractivity contribution in [1.29, 1.82) is 0 Å². The Bertz CT molecular complexity index is 459. The molecule has 5 heteroatoms. The number of nitrogens with one attached hydrogen (secondary N) is 1. The summed E-state index contributed by atoms with van der Waals surface area (Å²) in [4.78, 5) is 11.5. The first-order valence-electron chi connectivity index (χ1n) is 9.33. The third-order valence-corrected chi connectivity index (χ3v) is 5.38. The summed E-state index contributed by atoms with van der Waals surface area (Å²) in [6, 6.07) is 0.913. The largest absolute Gasteiger partial charge is 0.380 e. The van der Waals surface area contributed by atoms with Crippen LogP contribution in [0.3, 0.4) is 0 Å². The molecule has 3 rings (SSSR count). The van der Waals surface area contributed by atoms with Crippen LogP contribution in [-0.4, -0.2) is 35.1 Å². The first-order valence-corrected chi connectivity index (χ1v) is 9.33. The van der Waals surface area contributed by atoms with Gasteiger partial charge >= 0.3 is 0 Å². The van der Waals surface area contributed by atoms with Gasteiger partial charge in [0.25, 0.3) is 0 Å². The molecule has 0 bridgehead atoms. The lowest BCUT2D eigenvalue weighted by atomic mass is 9.92. The van der Waals surface area contributed by atoms with Crippen molar-refractivity contribution >= 4 is 11.6 Å². The van der Waals surface area contributed by atoms with Gasteiger partial charge in [0, 0.05) is 25.2 Å². The third kappa shape index (κ3) is 4.56. The van der Waals surface area contributed by atoms with E-state index in [1.165, 1.54) is 25.7 Å². The molecular weight excluding hydrogens is 286 g/mol. The Morgan fingerprint density at radius 3 is 2.35 bits per heavy atom. The van der Waals surface area contributed by atoms with E-state index >= 15 is 0 Å². The standard InChI is InChI=1S/C18H31N5/c1-2-3-14-8-10-23(11-9-14)18-20-12-17(13-21-18)22-16-6-4-15(19)5-7-16/h12-16,22H,2-11,19H2,1H3. The summed E-state index contributed by atoms with van der Waals surface area (Å²) >= 11 is 0. The molecule has 0 spiro atoms. The minimum Gasteiger partial charge on any atom is -0.380 e. The van der Waals surface area contributed by atoms with Crippen molar-refractivity contribution in [3.8, 4) is 0 Å². The van der Waals surface area contributed by atoms with Gasteiger partial charge in [-0.3, -0.25) is 0 Å². The van der Waals surface area contributed by atoms with E-state index in [-0.39, 0.29) is 0 Å². The summed E-state index contributed by atoms with van der Waals surface area (Å²) in [6.07, 6.45) is 13.6. The molecule has 3 N–H and O–H groups in total.